The molecular weight excluding hydrogens is 492 g/mol. The van der Waals surface area contributed by atoms with Gasteiger partial charge < -0.3 is 0 Å². The van der Waals surface area contributed by atoms with E-state index in [0.717, 1.165) is 29.6 Å². The van der Waals surface area contributed by atoms with Crippen LogP contribution in [0.3, 0.4) is 0 Å². The van der Waals surface area contributed by atoms with Crippen LogP contribution in [0.25, 0.3) is 0 Å². The molecule has 0 amide bonds. The van der Waals surface area contributed by atoms with Crippen molar-refractivity contribution >= 4 is 47.8 Å². The van der Waals surface area contributed by atoms with Gasteiger partial charge in [0.05, 0.1) is 0 Å². The zero-order valence-corrected chi connectivity index (χ0v) is 20.2. The summed E-state index contributed by atoms with van der Waals surface area (Å²) in [5.74, 6) is 4.76. The number of hydrogen-bond donors (Lipinski definition) is 0. The standard InChI is InChI=1S/C21H33Br3/c1-4-12-5-7-14-13-6-8-16-17(22)11-18(23)19(24)21(16,3)15(13)9-10-20(12,14)2/h12-19H,4-11H2,1-3H3/t12-,13-,14-,15-,16?,17?,18?,19?,20+,21+/m0/s1. The zero-order valence-electron chi connectivity index (χ0n) is 15.4. The second-order valence-corrected chi connectivity index (χ2v) is 13.2. The van der Waals surface area contributed by atoms with E-state index < -0.39 is 0 Å². The molecule has 0 heterocycles. The quantitative estimate of drug-likeness (QED) is 0.310. The van der Waals surface area contributed by atoms with Gasteiger partial charge in [0.25, 0.3) is 0 Å². The fourth-order valence-corrected chi connectivity index (χ4v) is 11.7. The molecule has 4 saturated carbocycles. The van der Waals surface area contributed by atoms with Crippen LogP contribution in [-0.4, -0.2) is 14.5 Å². The van der Waals surface area contributed by atoms with Gasteiger partial charge in [-0.05, 0) is 85.4 Å². The molecular formula is C21H33Br3. The van der Waals surface area contributed by atoms with E-state index in [-0.39, 0.29) is 0 Å². The van der Waals surface area contributed by atoms with E-state index in [4.69, 9.17) is 0 Å². The highest BCUT2D eigenvalue weighted by Crippen LogP contribution is 2.69. The number of halogens is 3. The lowest BCUT2D eigenvalue weighted by molar-refractivity contribution is -0.103. The first kappa shape index (κ1) is 18.8. The molecule has 0 spiro atoms. The molecule has 0 radical (unpaired) electrons. The summed E-state index contributed by atoms with van der Waals surface area (Å²) in [6.07, 6.45) is 11.6. The summed E-state index contributed by atoms with van der Waals surface area (Å²) >= 11 is 12.3. The average Bonchev–Trinajstić information content (AvgIpc) is 2.89. The van der Waals surface area contributed by atoms with Gasteiger partial charge >= 0.3 is 0 Å². The van der Waals surface area contributed by atoms with E-state index in [1.165, 1.54) is 51.4 Å². The van der Waals surface area contributed by atoms with E-state index in [2.05, 4.69) is 68.6 Å². The lowest BCUT2D eigenvalue weighted by Gasteiger charge is -2.63. The van der Waals surface area contributed by atoms with Crippen LogP contribution < -0.4 is 0 Å². The second kappa shape index (κ2) is 6.50. The number of rotatable bonds is 1. The molecule has 0 aliphatic heterocycles. The van der Waals surface area contributed by atoms with Crippen molar-refractivity contribution < 1.29 is 0 Å². The Morgan fingerprint density at radius 1 is 0.833 bits per heavy atom. The second-order valence-electron chi connectivity index (χ2n) is 9.82. The van der Waals surface area contributed by atoms with Gasteiger partial charge in [-0.2, -0.15) is 0 Å². The molecule has 0 aromatic heterocycles. The Morgan fingerprint density at radius 2 is 1.54 bits per heavy atom. The predicted molar refractivity (Wildman–Crippen MR) is 114 cm³/mol. The molecule has 24 heavy (non-hydrogen) atoms. The zero-order chi connectivity index (χ0) is 17.3. The van der Waals surface area contributed by atoms with E-state index in [9.17, 15) is 0 Å². The Kier molecular flexibility index (Phi) is 5.09. The summed E-state index contributed by atoms with van der Waals surface area (Å²) in [4.78, 5) is 1.94. The van der Waals surface area contributed by atoms with Gasteiger partial charge in [-0.25, -0.2) is 0 Å². The van der Waals surface area contributed by atoms with Crippen molar-refractivity contribution in [3.05, 3.63) is 0 Å². The van der Waals surface area contributed by atoms with Crippen LogP contribution in [0.2, 0.25) is 0 Å². The monoisotopic (exact) mass is 522 g/mol. The van der Waals surface area contributed by atoms with Gasteiger partial charge in [0.15, 0.2) is 0 Å². The minimum Gasteiger partial charge on any atom is -0.0887 e. The summed E-state index contributed by atoms with van der Waals surface area (Å²) in [6, 6.07) is 0. The molecule has 0 nitrogen and oxygen atoms in total. The minimum absolute atomic E-state index is 0.454. The Morgan fingerprint density at radius 3 is 2.25 bits per heavy atom. The third-order valence-corrected chi connectivity index (χ3v) is 13.6. The van der Waals surface area contributed by atoms with Crippen LogP contribution >= 0.6 is 47.8 Å². The first-order valence-corrected chi connectivity index (χ1v) is 13.0. The summed E-state index contributed by atoms with van der Waals surface area (Å²) < 4.78 is 0. The van der Waals surface area contributed by atoms with Gasteiger partial charge in [0.1, 0.15) is 0 Å². The molecule has 0 saturated heterocycles. The van der Waals surface area contributed by atoms with Crippen molar-refractivity contribution in [2.24, 2.45) is 40.4 Å². The van der Waals surface area contributed by atoms with Gasteiger partial charge in [0, 0.05) is 14.5 Å². The first-order valence-electron chi connectivity index (χ1n) is 10.3. The normalized spacial score (nSPS) is 60.2. The van der Waals surface area contributed by atoms with Gasteiger partial charge in [-0.3, -0.25) is 0 Å². The minimum atomic E-state index is 0.454. The molecule has 0 aromatic rings. The highest BCUT2D eigenvalue weighted by molar-refractivity contribution is 9.12. The summed E-state index contributed by atoms with van der Waals surface area (Å²) in [5.41, 5.74) is 1.10. The third-order valence-electron chi connectivity index (χ3n) is 9.33. The molecule has 4 unspecified atom stereocenters. The lowest BCUT2D eigenvalue weighted by atomic mass is 9.44. The Hall–Kier alpha value is 1.44. The molecule has 138 valence electrons. The van der Waals surface area contributed by atoms with E-state index in [1.807, 2.05) is 0 Å². The smallest absolute Gasteiger partial charge is 0.0330 e. The van der Waals surface area contributed by atoms with Crippen molar-refractivity contribution in [2.45, 2.75) is 86.6 Å². The predicted octanol–water partition coefficient (Wildman–Crippen LogP) is 7.57. The molecule has 4 fully saturated rings. The Labute approximate surface area is 174 Å². The lowest BCUT2D eigenvalue weighted by Crippen LogP contribution is -2.60. The third kappa shape index (κ3) is 2.45. The number of fused-ring (bicyclic) bond motifs is 5. The Bertz CT molecular complexity index is 493. The molecule has 4 aliphatic rings. The highest BCUT2D eigenvalue weighted by Gasteiger charge is 2.63. The van der Waals surface area contributed by atoms with Crippen molar-refractivity contribution in [1.82, 2.24) is 0 Å². The summed E-state index contributed by atoms with van der Waals surface area (Å²) in [7, 11) is 0. The fraction of sp³-hybridized carbons (Fsp3) is 1.00. The maximum atomic E-state index is 4.18. The molecule has 0 bridgehead atoms. The summed E-state index contributed by atoms with van der Waals surface area (Å²) in [6.45, 7) is 7.74. The average molecular weight is 525 g/mol. The van der Waals surface area contributed by atoms with Crippen molar-refractivity contribution in [3.63, 3.8) is 0 Å². The van der Waals surface area contributed by atoms with Crippen LogP contribution in [0, 0.1) is 40.4 Å². The molecule has 4 aliphatic carbocycles. The van der Waals surface area contributed by atoms with Crippen molar-refractivity contribution in [1.29, 1.82) is 0 Å². The van der Waals surface area contributed by atoms with Gasteiger partial charge in [-0.15, -0.1) is 0 Å². The highest BCUT2D eigenvalue weighted by atomic mass is 79.9. The SMILES string of the molecule is CC[C@H]1CC[C@H]2[C@@H]3CCC4C(Br)CC(Br)C(Br)[C@]4(C)[C@H]3CC[C@]12C. The van der Waals surface area contributed by atoms with Crippen molar-refractivity contribution in [2.75, 3.05) is 0 Å². The van der Waals surface area contributed by atoms with Gasteiger partial charge in [0.2, 0.25) is 0 Å². The Balaban J connectivity index is 1.67. The maximum absolute atomic E-state index is 4.18. The summed E-state index contributed by atoms with van der Waals surface area (Å²) in [5, 5.41) is 0. The molecule has 3 heteroatoms. The first-order chi connectivity index (χ1) is 11.3. The molecule has 10 atom stereocenters. The maximum Gasteiger partial charge on any atom is 0.0330 e. The van der Waals surface area contributed by atoms with E-state index in [1.54, 1.807) is 0 Å². The van der Waals surface area contributed by atoms with Crippen LogP contribution in [0.15, 0.2) is 0 Å². The molecule has 0 aromatic carbocycles. The fourth-order valence-electron chi connectivity index (χ4n) is 8.07. The van der Waals surface area contributed by atoms with Crippen LogP contribution in [-0.2, 0) is 0 Å². The number of hydrogen-bond acceptors (Lipinski definition) is 0. The van der Waals surface area contributed by atoms with Crippen LogP contribution in [0.5, 0.6) is 0 Å². The molecule has 0 N–H and O–H groups in total. The molecule has 4 rings (SSSR count). The topological polar surface area (TPSA) is 0 Å². The van der Waals surface area contributed by atoms with E-state index in [0.29, 0.717) is 25.3 Å². The van der Waals surface area contributed by atoms with Crippen LogP contribution in [0.4, 0.5) is 0 Å². The largest absolute Gasteiger partial charge is 0.0887 e. The van der Waals surface area contributed by atoms with Crippen molar-refractivity contribution in [3.8, 4) is 0 Å². The number of alkyl halides is 3. The van der Waals surface area contributed by atoms with E-state index >= 15 is 0 Å². The van der Waals surface area contributed by atoms with Crippen LogP contribution in [0.1, 0.15) is 72.1 Å². The van der Waals surface area contributed by atoms with Gasteiger partial charge in [-0.1, -0.05) is 75.0 Å².